The number of nitrogens with zero attached hydrogens (tertiary/aromatic N) is 5. The number of carbonyl (C=O) groups is 2. The monoisotopic (exact) mass is 332 g/mol. The highest BCUT2D eigenvalue weighted by Crippen LogP contribution is 2.23. The Hall–Kier alpha value is -2.71. The maximum absolute atomic E-state index is 12.6. The van der Waals surface area contributed by atoms with Crippen LogP contribution in [0.5, 0.6) is 0 Å². The molecule has 3 heterocycles. The predicted molar refractivity (Wildman–Crippen MR) is 86.3 cm³/mol. The van der Waals surface area contributed by atoms with Gasteiger partial charge in [0, 0.05) is 27.1 Å². The predicted octanol–water partition coefficient (Wildman–Crippen LogP) is -0.570. The second-order valence-corrected chi connectivity index (χ2v) is 5.99. The third-order valence-electron chi connectivity index (χ3n) is 4.36. The second-order valence-electron chi connectivity index (χ2n) is 5.99. The number of aromatic nitrogens is 4. The number of hydrogen-bond donors (Lipinski definition) is 1. The molecular weight excluding hydrogens is 312 g/mol. The van der Waals surface area contributed by atoms with E-state index in [-0.39, 0.29) is 30.1 Å². The lowest BCUT2D eigenvalue weighted by molar-refractivity contribution is -0.133. The van der Waals surface area contributed by atoms with Gasteiger partial charge < -0.3 is 10.2 Å². The Morgan fingerprint density at radius 2 is 2.21 bits per heavy atom. The van der Waals surface area contributed by atoms with Crippen LogP contribution in [0.3, 0.4) is 0 Å². The van der Waals surface area contributed by atoms with Crippen molar-refractivity contribution in [3.63, 3.8) is 0 Å². The molecule has 0 aliphatic carbocycles. The molecule has 3 rings (SSSR count). The Balaban J connectivity index is 1.86. The summed E-state index contributed by atoms with van der Waals surface area (Å²) >= 11 is 0. The van der Waals surface area contributed by atoms with Crippen molar-refractivity contribution >= 4 is 23.0 Å². The molecule has 1 N–H and O–H groups in total. The molecule has 1 aliphatic rings. The summed E-state index contributed by atoms with van der Waals surface area (Å²) in [6.07, 6.45) is 4.63. The van der Waals surface area contributed by atoms with E-state index in [0.29, 0.717) is 24.3 Å². The lowest BCUT2D eigenvalue weighted by Crippen LogP contribution is -2.46. The van der Waals surface area contributed by atoms with E-state index in [1.165, 1.54) is 17.8 Å². The lowest BCUT2D eigenvalue weighted by Gasteiger charge is -2.33. The molecule has 0 unspecified atom stereocenters. The van der Waals surface area contributed by atoms with Gasteiger partial charge in [0.15, 0.2) is 5.65 Å². The van der Waals surface area contributed by atoms with E-state index in [4.69, 9.17) is 0 Å². The van der Waals surface area contributed by atoms with Gasteiger partial charge in [0.2, 0.25) is 11.8 Å². The zero-order valence-corrected chi connectivity index (χ0v) is 13.7. The minimum Gasteiger partial charge on any atom is -0.347 e. The number of carbonyl (C=O) groups excluding carboxylic acids is 2. The number of likely N-dealkylation sites (tertiary alicyclic amines) is 1. The van der Waals surface area contributed by atoms with Gasteiger partial charge in [-0.05, 0) is 12.8 Å². The van der Waals surface area contributed by atoms with Gasteiger partial charge in [-0.2, -0.15) is 0 Å². The Kier molecular flexibility index (Phi) is 4.32. The van der Waals surface area contributed by atoms with Gasteiger partial charge in [0.1, 0.15) is 11.8 Å². The molecule has 2 aromatic heterocycles. The first kappa shape index (κ1) is 16.2. The average molecular weight is 332 g/mol. The van der Waals surface area contributed by atoms with E-state index in [0.717, 1.165) is 12.8 Å². The molecule has 0 saturated carbocycles. The number of rotatable bonds is 3. The van der Waals surface area contributed by atoms with Crippen molar-refractivity contribution in [1.29, 1.82) is 0 Å². The standard InChI is InChI=1S/C15H20N6O3/c1-10(22)17-7-13(23)20-5-3-4-11(8-20)21-14-12(6-16-9-18-14)19(2)15(21)24/h6,9,11H,3-5,7-8H2,1-2H3,(H,17,22)/t11-/m0/s1. The van der Waals surface area contributed by atoms with E-state index in [2.05, 4.69) is 15.3 Å². The van der Waals surface area contributed by atoms with Crippen molar-refractivity contribution in [2.75, 3.05) is 19.6 Å². The highest BCUT2D eigenvalue weighted by atomic mass is 16.2. The topological polar surface area (TPSA) is 102 Å². The zero-order chi connectivity index (χ0) is 17.3. The van der Waals surface area contributed by atoms with Crippen molar-refractivity contribution in [2.24, 2.45) is 7.05 Å². The molecule has 9 heteroatoms. The zero-order valence-electron chi connectivity index (χ0n) is 13.7. The lowest BCUT2D eigenvalue weighted by atomic mass is 10.1. The normalized spacial score (nSPS) is 17.9. The minimum absolute atomic E-state index is 0.0192. The molecule has 1 aliphatic heterocycles. The Morgan fingerprint density at radius 3 is 2.96 bits per heavy atom. The molecule has 0 spiro atoms. The third-order valence-corrected chi connectivity index (χ3v) is 4.36. The molecule has 0 radical (unpaired) electrons. The average Bonchev–Trinajstić information content (AvgIpc) is 2.84. The molecule has 1 atom stereocenters. The quantitative estimate of drug-likeness (QED) is 0.811. The maximum Gasteiger partial charge on any atom is 0.330 e. The molecule has 1 fully saturated rings. The van der Waals surface area contributed by atoms with Crippen LogP contribution in [0.25, 0.3) is 11.2 Å². The van der Waals surface area contributed by atoms with Crippen LogP contribution in [0.4, 0.5) is 0 Å². The van der Waals surface area contributed by atoms with Crippen molar-refractivity contribution in [3.05, 3.63) is 23.0 Å². The number of hydrogen-bond acceptors (Lipinski definition) is 5. The summed E-state index contributed by atoms with van der Waals surface area (Å²) in [5.74, 6) is -0.378. The van der Waals surface area contributed by atoms with Gasteiger partial charge >= 0.3 is 5.69 Å². The van der Waals surface area contributed by atoms with Crippen LogP contribution in [0, 0.1) is 0 Å². The number of aryl methyl sites for hydroxylation is 1. The number of amides is 2. The molecule has 2 aromatic rings. The fraction of sp³-hybridized carbons (Fsp3) is 0.533. The molecule has 1 saturated heterocycles. The van der Waals surface area contributed by atoms with Crippen molar-refractivity contribution in [1.82, 2.24) is 29.3 Å². The first-order valence-corrected chi connectivity index (χ1v) is 7.88. The molecule has 0 bridgehead atoms. The van der Waals surface area contributed by atoms with Gasteiger partial charge in [0.05, 0.1) is 18.8 Å². The Labute approximate surface area is 138 Å². The maximum atomic E-state index is 12.6. The van der Waals surface area contributed by atoms with E-state index in [1.807, 2.05) is 0 Å². The summed E-state index contributed by atoms with van der Waals surface area (Å²) in [6.45, 7) is 2.42. The van der Waals surface area contributed by atoms with Gasteiger partial charge in [-0.25, -0.2) is 14.8 Å². The summed E-state index contributed by atoms with van der Waals surface area (Å²) in [5, 5.41) is 2.52. The van der Waals surface area contributed by atoms with Crippen LogP contribution in [0.15, 0.2) is 17.3 Å². The number of imidazole rings is 1. The smallest absolute Gasteiger partial charge is 0.330 e. The van der Waals surface area contributed by atoms with Crippen LogP contribution in [0.1, 0.15) is 25.8 Å². The van der Waals surface area contributed by atoms with E-state index < -0.39 is 0 Å². The molecule has 24 heavy (non-hydrogen) atoms. The molecule has 9 nitrogen and oxygen atoms in total. The van der Waals surface area contributed by atoms with E-state index >= 15 is 0 Å². The Bertz CT molecular complexity index is 839. The highest BCUT2D eigenvalue weighted by Gasteiger charge is 2.28. The van der Waals surface area contributed by atoms with E-state index in [1.54, 1.807) is 22.7 Å². The summed E-state index contributed by atoms with van der Waals surface area (Å²) in [5.41, 5.74) is 1.09. The Morgan fingerprint density at radius 1 is 1.42 bits per heavy atom. The minimum atomic E-state index is -0.237. The van der Waals surface area contributed by atoms with Crippen molar-refractivity contribution in [2.45, 2.75) is 25.8 Å². The summed E-state index contributed by atoms with van der Waals surface area (Å²) in [4.78, 5) is 45.7. The number of piperidine rings is 1. The van der Waals surface area contributed by atoms with Gasteiger partial charge in [-0.15, -0.1) is 0 Å². The molecule has 2 amide bonds. The van der Waals surface area contributed by atoms with Gasteiger partial charge in [-0.3, -0.25) is 18.7 Å². The van der Waals surface area contributed by atoms with Crippen LogP contribution in [-0.2, 0) is 16.6 Å². The summed E-state index contributed by atoms with van der Waals surface area (Å²) < 4.78 is 3.17. The first-order valence-electron chi connectivity index (χ1n) is 7.88. The van der Waals surface area contributed by atoms with Crippen LogP contribution >= 0.6 is 0 Å². The summed E-state index contributed by atoms with van der Waals surface area (Å²) in [6, 6.07) is -0.133. The van der Waals surface area contributed by atoms with Crippen LogP contribution < -0.4 is 11.0 Å². The largest absolute Gasteiger partial charge is 0.347 e. The van der Waals surface area contributed by atoms with Crippen LogP contribution in [-0.4, -0.2) is 55.5 Å². The van der Waals surface area contributed by atoms with E-state index in [9.17, 15) is 14.4 Å². The van der Waals surface area contributed by atoms with Crippen LogP contribution in [0.2, 0.25) is 0 Å². The second kappa shape index (κ2) is 6.42. The van der Waals surface area contributed by atoms with Crippen molar-refractivity contribution in [3.8, 4) is 0 Å². The molecule has 0 aromatic carbocycles. The van der Waals surface area contributed by atoms with Gasteiger partial charge in [-0.1, -0.05) is 0 Å². The number of nitrogens with one attached hydrogen (secondary N) is 1. The first-order chi connectivity index (χ1) is 11.5. The third kappa shape index (κ3) is 2.89. The molecular formula is C15H20N6O3. The highest BCUT2D eigenvalue weighted by molar-refractivity contribution is 5.83. The fourth-order valence-corrected chi connectivity index (χ4v) is 3.13. The summed E-state index contributed by atoms with van der Waals surface area (Å²) in [7, 11) is 1.69. The molecule has 128 valence electrons. The number of fused-ring (bicyclic) bond motifs is 1. The SMILES string of the molecule is CC(=O)NCC(=O)N1CCC[C@H](n2c(=O)n(C)c3cncnc32)C1. The fourth-order valence-electron chi connectivity index (χ4n) is 3.13. The van der Waals surface area contributed by atoms with Gasteiger partial charge in [0.25, 0.3) is 0 Å². The van der Waals surface area contributed by atoms with Crippen molar-refractivity contribution < 1.29 is 9.59 Å².